The maximum Gasteiger partial charge on any atom is 0.283 e. The second-order valence-electron chi connectivity index (χ2n) is 5.28. The summed E-state index contributed by atoms with van der Waals surface area (Å²) >= 11 is 3.20. The lowest BCUT2D eigenvalue weighted by atomic mass is 10.1. The van der Waals surface area contributed by atoms with Crippen molar-refractivity contribution < 1.29 is 4.92 Å². The van der Waals surface area contributed by atoms with Crippen LogP contribution in [0.15, 0.2) is 51.9 Å². The van der Waals surface area contributed by atoms with Crippen molar-refractivity contribution in [1.82, 2.24) is 9.55 Å². The number of nitrogens with two attached hydrogens (primary N) is 1. The normalized spacial score (nSPS) is 16.4. The number of hydrogen-bond acceptors (Lipinski definition) is 6. The van der Waals surface area contributed by atoms with Crippen LogP contribution in [0.1, 0.15) is 11.7 Å². The molecule has 2 aromatic carbocycles. The number of nitrogens with one attached hydrogen (secondary N) is 1. The smallest absolute Gasteiger partial charge is 0.283 e. The molecule has 8 nitrogen and oxygen atoms in total. The Labute approximate surface area is 144 Å². The highest BCUT2D eigenvalue weighted by atomic mass is 79.9. The maximum absolute atomic E-state index is 11.2. The van der Waals surface area contributed by atoms with E-state index in [4.69, 9.17) is 5.73 Å². The van der Waals surface area contributed by atoms with E-state index in [1.807, 2.05) is 28.8 Å². The van der Waals surface area contributed by atoms with E-state index in [1.54, 1.807) is 12.1 Å². The minimum absolute atomic E-state index is 0.0224. The van der Waals surface area contributed by atoms with Crippen LogP contribution in [-0.2, 0) is 0 Å². The topological polar surface area (TPSA) is 111 Å². The molecule has 1 aliphatic heterocycles. The molecule has 0 saturated carbocycles. The van der Waals surface area contributed by atoms with Gasteiger partial charge in [0.2, 0.25) is 5.95 Å². The molecular weight excluding hydrogens is 376 g/mol. The maximum atomic E-state index is 11.2. The van der Waals surface area contributed by atoms with Crippen molar-refractivity contribution in [2.45, 2.75) is 6.17 Å². The third-order valence-electron chi connectivity index (χ3n) is 3.81. The minimum Gasteiger partial charge on any atom is -0.370 e. The zero-order valence-electron chi connectivity index (χ0n) is 12.2. The largest absolute Gasteiger partial charge is 0.370 e. The lowest BCUT2D eigenvalue weighted by Gasteiger charge is -2.23. The van der Waals surface area contributed by atoms with Crippen molar-refractivity contribution in [3.05, 3.63) is 62.6 Å². The van der Waals surface area contributed by atoms with Gasteiger partial charge in [-0.15, -0.1) is 0 Å². The van der Waals surface area contributed by atoms with Crippen molar-refractivity contribution >= 4 is 44.6 Å². The van der Waals surface area contributed by atoms with Crippen LogP contribution in [0.3, 0.4) is 0 Å². The predicted molar refractivity (Wildman–Crippen MR) is 93.9 cm³/mol. The molecule has 1 atom stereocenters. The fraction of sp³-hybridized carbons (Fsp3) is 0.0667. The van der Waals surface area contributed by atoms with Crippen LogP contribution in [-0.4, -0.2) is 20.4 Å². The van der Waals surface area contributed by atoms with Crippen LogP contribution in [0.2, 0.25) is 0 Å². The first kappa shape index (κ1) is 14.6. The van der Waals surface area contributed by atoms with Crippen LogP contribution >= 0.6 is 15.9 Å². The van der Waals surface area contributed by atoms with Gasteiger partial charge < -0.3 is 5.73 Å². The number of rotatable bonds is 2. The van der Waals surface area contributed by atoms with E-state index in [1.165, 1.54) is 6.07 Å². The SMILES string of the molecule is NC1=NC(c2ccc(Br)c([N+](=O)[O-])c2)n2c(nc3ccccc32)N1. The third-order valence-corrected chi connectivity index (χ3v) is 4.48. The Bertz CT molecular complexity index is 1010. The average molecular weight is 387 g/mol. The molecule has 0 fully saturated rings. The molecule has 1 aliphatic rings. The molecule has 9 heteroatoms. The minimum atomic E-state index is -0.527. The van der Waals surface area contributed by atoms with Gasteiger partial charge in [0.05, 0.1) is 20.4 Å². The molecule has 0 spiro atoms. The first-order valence-corrected chi connectivity index (χ1v) is 7.85. The van der Waals surface area contributed by atoms with Gasteiger partial charge in [-0.2, -0.15) is 0 Å². The second kappa shape index (κ2) is 5.31. The van der Waals surface area contributed by atoms with Gasteiger partial charge in [0.25, 0.3) is 5.69 Å². The summed E-state index contributed by atoms with van der Waals surface area (Å²) in [5, 5.41) is 14.1. The molecule has 0 radical (unpaired) electrons. The first-order valence-electron chi connectivity index (χ1n) is 7.05. The number of benzene rings is 2. The van der Waals surface area contributed by atoms with Crippen molar-refractivity contribution in [2.75, 3.05) is 5.32 Å². The molecule has 1 aromatic heterocycles. The molecule has 2 heterocycles. The number of fused-ring (bicyclic) bond motifs is 3. The summed E-state index contributed by atoms with van der Waals surface area (Å²) in [6.45, 7) is 0. The van der Waals surface area contributed by atoms with Crippen LogP contribution in [0.5, 0.6) is 0 Å². The summed E-state index contributed by atoms with van der Waals surface area (Å²) < 4.78 is 2.29. The molecule has 0 bridgehead atoms. The van der Waals surface area contributed by atoms with Crippen molar-refractivity contribution in [3.8, 4) is 0 Å². The fourth-order valence-electron chi connectivity index (χ4n) is 2.77. The number of aromatic nitrogens is 2. The Morgan fingerprint density at radius 3 is 2.88 bits per heavy atom. The summed E-state index contributed by atoms with van der Waals surface area (Å²) in [5.41, 5.74) is 8.16. The highest BCUT2D eigenvalue weighted by Gasteiger charge is 2.26. The molecule has 1 unspecified atom stereocenters. The number of nitro groups is 1. The highest BCUT2D eigenvalue weighted by Crippen LogP contribution is 2.35. The number of anilines is 1. The van der Waals surface area contributed by atoms with E-state index in [2.05, 4.69) is 31.2 Å². The standard InChI is InChI=1S/C15H11BrN6O2/c16-9-6-5-8(7-12(9)22(23)24)13-19-14(17)20-15-18-10-3-1-2-4-11(10)21(13)15/h1-7,13H,(H3,17,18,19,20). The van der Waals surface area contributed by atoms with Gasteiger partial charge >= 0.3 is 0 Å². The molecule has 4 rings (SSSR count). The van der Waals surface area contributed by atoms with E-state index in [0.29, 0.717) is 16.0 Å². The zero-order chi connectivity index (χ0) is 16.8. The van der Waals surface area contributed by atoms with Gasteiger partial charge in [-0.05, 0) is 34.1 Å². The molecule has 24 heavy (non-hydrogen) atoms. The second-order valence-corrected chi connectivity index (χ2v) is 6.13. The van der Waals surface area contributed by atoms with Crippen LogP contribution < -0.4 is 11.1 Å². The number of halogens is 1. The molecule has 0 amide bonds. The van der Waals surface area contributed by atoms with Crippen LogP contribution in [0, 0.1) is 10.1 Å². The lowest BCUT2D eigenvalue weighted by Crippen LogP contribution is -2.31. The summed E-state index contributed by atoms with van der Waals surface area (Å²) in [6.07, 6.45) is -0.527. The van der Waals surface area contributed by atoms with Crippen molar-refractivity contribution in [3.63, 3.8) is 0 Å². The third kappa shape index (κ3) is 2.21. The van der Waals surface area contributed by atoms with Gasteiger partial charge in [-0.3, -0.25) is 20.0 Å². The van der Waals surface area contributed by atoms with Crippen molar-refractivity contribution in [2.24, 2.45) is 10.7 Å². The number of nitrogens with zero attached hydrogens (tertiary/aromatic N) is 4. The average Bonchev–Trinajstić information content (AvgIpc) is 2.92. The van der Waals surface area contributed by atoms with E-state index < -0.39 is 11.1 Å². The summed E-state index contributed by atoms with van der Waals surface area (Å²) in [4.78, 5) is 19.7. The van der Waals surface area contributed by atoms with E-state index >= 15 is 0 Å². The number of hydrogen-bond donors (Lipinski definition) is 2. The Morgan fingerprint density at radius 1 is 1.29 bits per heavy atom. The predicted octanol–water partition coefficient (Wildman–Crippen LogP) is 2.99. The van der Waals surface area contributed by atoms with E-state index in [0.717, 1.165) is 11.0 Å². The van der Waals surface area contributed by atoms with Gasteiger partial charge in [-0.1, -0.05) is 18.2 Å². The van der Waals surface area contributed by atoms with Crippen LogP contribution in [0.25, 0.3) is 11.0 Å². The number of guanidine groups is 1. The highest BCUT2D eigenvalue weighted by molar-refractivity contribution is 9.10. The van der Waals surface area contributed by atoms with E-state index in [9.17, 15) is 10.1 Å². The quantitative estimate of drug-likeness (QED) is 0.519. The van der Waals surface area contributed by atoms with E-state index in [-0.39, 0.29) is 11.6 Å². The number of aliphatic imine (C=N–C) groups is 1. The zero-order valence-corrected chi connectivity index (χ0v) is 13.8. The lowest BCUT2D eigenvalue weighted by molar-refractivity contribution is -0.385. The Morgan fingerprint density at radius 2 is 2.08 bits per heavy atom. The Hall–Kier alpha value is -2.94. The summed E-state index contributed by atoms with van der Waals surface area (Å²) in [7, 11) is 0. The Kier molecular flexibility index (Phi) is 3.24. The molecule has 120 valence electrons. The van der Waals surface area contributed by atoms with Crippen molar-refractivity contribution in [1.29, 1.82) is 0 Å². The number of para-hydroxylation sites is 2. The fourth-order valence-corrected chi connectivity index (χ4v) is 3.16. The number of nitro benzene ring substituents is 1. The molecular formula is C15H11BrN6O2. The Balaban J connectivity index is 1.94. The monoisotopic (exact) mass is 386 g/mol. The van der Waals surface area contributed by atoms with Gasteiger partial charge in [-0.25, -0.2) is 9.98 Å². The molecule has 0 aliphatic carbocycles. The van der Waals surface area contributed by atoms with Crippen LogP contribution in [0.4, 0.5) is 11.6 Å². The number of imidazole rings is 1. The molecule has 0 saturated heterocycles. The summed E-state index contributed by atoms with van der Waals surface area (Å²) in [6, 6.07) is 12.5. The van der Waals surface area contributed by atoms with Gasteiger partial charge in [0.15, 0.2) is 12.1 Å². The molecule has 3 N–H and O–H groups in total. The van der Waals surface area contributed by atoms with Gasteiger partial charge in [0, 0.05) is 11.6 Å². The molecule has 3 aromatic rings. The van der Waals surface area contributed by atoms with Gasteiger partial charge in [0.1, 0.15) is 0 Å². The summed E-state index contributed by atoms with van der Waals surface area (Å²) in [5.74, 6) is 0.771. The first-order chi connectivity index (χ1) is 11.5.